The van der Waals surface area contributed by atoms with Crippen LogP contribution in [0.1, 0.15) is 25.0 Å². The van der Waals surface area contributed by atoms with Gasteiger partial charge in [0, 0.05) is 11.9 Å². The second-order valence-electron chi connectivity index (χ2n) is 4.74. The maximum Gasteiger partial charge on any atom is 0.117 e. The molecular weight excluding hydrogens is 254 g/mol. The van der Waals surface area contributed by atoms with Gasteiger partial charge >= 0.3 is 0 Å². The predicted octanol–water partition coefficient (Wildman–Crippen LogP) is 3.28. The highest BCUT2D eigenvalue weighted by Gasteiger charge is 2.36. The largest absolute Gasteiger partial charge is 0.468 e. The third kappa shape index (κ3) is 2.64. The van der Waals surface area contributed by atoms with E-state index in [0.29, 0.717) is 5.41 Å². The molecule has 0 aliphatic heterocycles. The molecule has 0 N–H and O–H groups in total. The normalized spacial score (nSPS) is 19.1. The summed E-state index contributed by atoms with van der Waals surface area (Å²) in [6.07, 6.45) is 5.86. The zero-order valence-electron chi connectivity index (χ0n) is 9.21. The Morgan fingerprint density at radius 3 is 2.80 bits per heavy atom. The van der Waals surface area contributed by atoms with Gasteiger partial charge in [-0.15, -0.1) is 0 Å². The average Bonchev–Trinajstić information content (AvgIpc) is 2.64. The number of hydrogen-bond acceptors (Lipinski definition) is 2. The molecule has 0 atom stereocenters. The summed E-state index contributed by atoms with van der Waals surface area (Å²) in [5.41, 5.74) is 0.529. The molecule has 0 bridgehead atoms. The lowest BCUT2D eigenvalue weighted by Crippen LogP contribution is -2.41. The Labute approximate surface area is 99.8 Å². The van der Waals surface area contributed by atoms with Crippen molar-refractivity contribution in [2.75, 3.05) is 18.9 Å². The van der Waals surface area contributed by atoms with E-state index in [9.17, 15) is 0 Å². The lowest BCUT2D eigenvalue weighted by Gasteiger charge is -2.43. The number of alkyl halides is 1. The molecule has 15 heavy (non-hydrogen) atoms. The third-order valence-corrected chi connectivity index (χ3v) is 4.50. The van der Waals surface area contributed by atoms with Crippen LogP contribution in [0.25, 0.3) is 0 Å². The van der Waals surface area contributed by atoms with E-state index in [1.165, 1.54) is 25.8 Å². The van der Waals surface area contributed by atoms with Crippen LogP contribution in [-0.2, 0) is 6.54 Å². The Morgan fingerprint density at radius 1 is 1.53 bits per heavy atom. The van der Waals surface area contributed by atoms with Crippen LogP contribution >= 0.6 is 15.9 Å². The molecule has 2 rings (SSSR count). The van der Waals surface area contributed by atoms with Crippen LogP contribution in [0.2, 0.25) is 0 Å². The van der Waals surface area contributed by atoms with Crippen molar-refractivity contribution >= 4 is 15.9 Å². The Hall–Kier alpha value is -0.280. The zero-order valence-corrected chi connectivity index (χ0v) is 10.8. The van der Waals surface area contributed by atoms with Crippen LogP contribution < -0.4 is 0 Å². The molecular formula is C12H18BrNO. The molecule has 1 saturated carbocycles. The van der Waals surface area contributed by atoms with Crippen molar-refractivity contribution in [1.29, 1.82) is 0 Å². The first-order valence-corrected chi connectivity index (χ1v) is 6.63. The first-order chi connectivity index (χ1) is 7.24. The minimum Gasteiger partial charge on any atom is -0.468 e. The smallest absolute Gasteiger partial charge is 0.117 e. The summed E-state index contributed by atoms with van der Waals surface area (Å²) in [5.74, 6) is 1.06. The van der Waals surface area contributed by atoms with Crippen LogP contribution in [0, 0.1) is 5.41 Å². The van der Waals surface area contributed by atoms with E-state index < -0.39 is 0 Å². The van der Waals surface area contributed by atoms with E-state index in [1.54, 1.807) is 6.26 Å². The average molecular weight is 272 g/mol. The zero-order chi connectivity index (χ0) is 10.7. The Balaban J connectivity index is 1.84. The van der Waals surface area contributed by atoms with Gasteiger partial charge in [-0.25, -0.2) is 0 Å². The first-order valence-electron chi connectivity index (χ1n) is 5.51. The number of nitrogens with zero attached hydrogens (tertiary/aromatic N) is 1. The standard InChI is InChI=1S/C12H18BrNO/c1-14(8-11-4-2-7-15-11)10-12(9-13)5-3-6-12/h2,4,7H,3,5-6,8-10H2,1H3. The van der Waals surface area contributed by atoms with Crippen LogP contribution in [0.15, 0.2) is 22.8 Å². The minimum absolute atomic E-state index is 0.529. The van der Waals surface area contributed by atoms with Crippen molar-refractivity contribution in [3.63, 3.8) is 0 Å². The second kappa shape index (κ2) is 4.71. The summed E-state index contributed by atoms with van der Waals surface area (Å²) in [7, 11) is 2.17. The predicted molar refractivity (Wildman–Crippen MR) is 65.1 cm³/mol. The van der Waals surface area contributed by atoms with E-state index in [4.69, 9.17) is 4.42 Å². The molecule has 1 heterocycles. The van der Waals surface area contributed by atoms with Crippen molar-refractivity contribution < 1.29 is 4.42 Å². The Morgan fingerprint density at radius 2 is 2.33 bits per heavy atom. The van der Waals surface area contributed by atoms with Gasteiger partial charge in [0.05, 0.1) is 12.8 Å². The summed E-state index contributed by atoms with van der Waals surface area (Å²) < 4.78 is 5.35. The lowest BCUT2D eigenvalue weighted by atomic mass is 9.70. The summed E-state index contributed by atoms with van der Waals surface area (Å²) in [6.45, 7) is 2.08. The Bertz CT molecular complexity index is 287. The fourth-order valence-corrected chi connectivity index (χ4v) is 3.05. The molecule has 3 heteroatoms. The molecule has 1 aliphatic rings. The maximum absolute atomic E-state index is 5.35. The van der Waals surface area contributed by atoms with Crippen LogP contribution in [0.3, 0.4) is 0 Å². The van der Waals surface area contributed by atoms with Gasteiger partial charge < -0.3 is 4.42 Å². The van der Waals surface area contributed by atoms with Crippen molar-refractivity contribution in [2.24, 2.45) is 5.41 Å². The summed E-state index contributed by atoms with van der Waals surface area (Å²) >= 11 is 3.64. The van der Waals surface area contributed by atoms with E-state index in [1.807, 2.05) is 12.1 Å². The first kappa shape index (κ1) is 11.2. The lowest BCUT2D eigenvalue weighted by molar-refractivity contribution is 0.0987. The van der Waals surface area contributed by atoms with E-state index in [0.717, 1.165) is 17.6 Å². The van der Waals surface area contributed by atoms with Crippen molar-refractivity contribution in [2.45, 2.75) is 25.8 Å². The summed E-state index contributed by atoms with van der Waals surface area (Å²) in [4.78, 5) is 2.36. The van der Waals surface area contributed by atoms with Gasteiger partial charge in [0.25, 0.3) is 0 Å². The van der Waals surface area contributed by atoms with Crippen LogP contribution in [-0.4, -0.2) is 23.8 Å². The van der Waals surface area contributed by atoms with Gasteiger partial charge in [0.1, 0.15) is 5.76 Å². The van der Waals surface area contributed by atoms with Gasteiger partial charge in [-0.2, -0.15) is 0 Å². The highest BCUT2D eigenvalue weighted by atomic mass is 79.9. The van der Waals surface area contributed by atoms with Crippen molar-refractivity contribution in [3.8, 4) is 0 Å². The molecule has 84 valence electrons. The van der Waals surface area contributed by atoms with E-state index in [-0.39, 0.29) is 0 Å². The minimum atomic E-state index is 0.529. The molecule has 1 aromatic rings. The van der Waals surface area contributed by atoms with Crippen molar-refractivity contribution in [3.05, 3.63) is 24.2 Å². The number of furan rings is 1. The summed E-state index contributed by atoms with van der Waals surface area (Å²) in [5, 5.41) is 1.13. The molecule has 0 amide bonds. The molecule has 0 aromatic carbocycles. The molecule has 1 aromatic heterocycles. The highest BCUT2D eigenvalue weighted by Crippen LogP contribution is 2.42. The Kier molecular flexibility index (Phi) is 3.52. The van der Waals surface area contributed by atoms with E-state index >= 15 is 0 Å². The summed E-state index contributed by atoms with van der Waals surface area (Å²) in [6, 6.07) is 3.99. The van der Waals surface area contributed by atoms with Gasteiger partial charge in [-0.05, 0) is 37.4 Å². The van der Waals surface area contributed by atoms with Crippen LogP contribution in [0.4, 0.5) is 0 Å². The number of halogens is 1. The monoisotopic (exact) mass is 271 g/mol. The highest BCUT2D eigenvalue weighted by molar-refractivity contribution is 9.09. The fraction of sp³-hybridized carbons (Fsp3) is 0.667. The number of hydrogen-bond donors (Lipinski definition) is 0. The van der Waals surface area contributed by atoms with Crippen molar-refractivity contribution in [1.82, 2.24) is 4.90 Å². The SMILES string of the molecule is CN(Cc1ccco1)CC1(CBr)CCC1. The quantitative estimate of drug-likeness (QED) is 0.765. The molecule has 1 fully saturated rings. The molecule has 0 unspecified atom stereocenters. The molecule has 2 nitrogen and oxygen atoms in total. The van der Waals surface area contributed by atoms with Gasteiger partial charge in [-0.1, -0.05) is 22.4 Å². The third-order valence-electron chi connectivity index (χ3n) is 3.31. The second-order valence-corrected chi connectivity index (χ2v) is 5.30. The molecule has 1 aliphatic carbocycles. The van der Waals surface area contributed by atoms with Gasteiger partial charge in [0.15, 0.2) is 0 Å². The topological polar surface area (TPSA) is 16.4 Å². The molecule has 0 spiro atoms. The molecule has 0 radical (unpaired) electrons. The van der Waals surface area contributed by atoms with Gasteiger partial charge in [-0.3, -0.25) is 4.90 Å². The van der Waals surface area contributed by atoms with Crippen LogP contribution in [0.5, 0.6) is 0 Å². The molecule has 0 saturated heterocycles. The maximum atomic E-state index is 5.35. The fourth-order valence-electron chi connectivity index (χ4n) is 2.31. The number of rotatable bonds is 5. The van der Waals surface area contributed by atoms with Gasteiger partial charge in [0.2, 0.25) is 0 Å². The van der Waals surface area contributed by atoms with E-state index in [2.05, 4.69) is 27.9 Å².